The standard InChI is InChI=1S/C14H21ClN2O.C2H2O4/c15-14-5-2-1-4-13(14)12-16-6-3-7-17-8-10-18-11-9-17;3-1(4)2(5)6/h1-2,4-5,16H,3,6-12H2;(H,3,4)(H,5,6). The first-order chi connectivity index (χ1) is 11.5. The molecule has 8 heteroatoms. The Kier molecular flexibility index (Phi) is 10.0. The van der Waals surface area contributed by atoms with E-state index in [4.69, 9.17) is 36.1 Å². The van der Waals surface area contributed by atoms with Crippen molar-refractivity contribution in [3.05, 3.63) is 34.9 Å². The number of halogens is 1. The van der Waals surface area contributed by atoms with E-state index in [2.05, 4.69) is 16.3 Å². The third-order valence-electron chi connectivity index (χ3n) is 3.39. The van der Waals surface area contributed by atoms with Crippen LogP contribution in [0.15, 0.2) is 24.3 Å². The third kappa shape index (κ3) is 8.83. The van der Waals surface area contributed by atoms with Crippen molar-refractivity contribution in [2.75, 3.05) is 39.4 Å². The quantitative estimate of drug-likeness (QED) is 0.520. The fourth-order valence-corrected chi connectivity index (χ4v) is 2.32. The lowest BCUT2D eigenvalue weighted by molar-refractivity contribution is -0.159. The first-order valence-electron chi connectivity index (χ1n) is 7.71. The molecular weight excluding hydrogens is 336 g/mol. The van der Waals surface area contributed by atoms with Crippen LogP contribution in [-0.2, 0) is 20.9 Å². The highest BCUT2D eigenvalue weighted by molar-refractivity contribution is 6.31. The molecule has 0 unspecified atom stereocenters. The van der Waals surface area contributed by atoms with Gasteiger partial charge in [0.25, 0.3) is 0 Å². The Morgan fingerprint density at radius 1 is 1.17 bits per heavy atom. The molecule has 0 radical (unpaired) electrons. The number of ether oxygens (including phenoxy) is 1. The number of benzene rings is 1. The molecular formula is C16H23ClN2O5. The molecule has 134 valence electrons. The number of carboxylic acids is 2. The van der Waals surface area contributed by atoms with Crippen molar-refractivity contribution in [3.63, 3.8) is 0 Å². The van der Waals surface area contributed by atoms with Gasteiger partial charge < -0.3 is 20.3 Å². The minimum Gasteiger partial charge on any atom is -0.473 e. The van der Waals surface area contributed by atoms with Gasteiger partial charge in [0, 0.05) is 24.7 Å². The summed E-state index contributed by atoms with van der Waals surface area (Å²) in [5.41, 5.74) is 1.17. The van der Waals surface area contributed by atoms with Gasteiger partial charge in [-0.25, -0.2) is 9.59 Å². The summed E-state index contributed by atoms with van der Waals surface area (Å²) in [5.74, 6) is -3.65. The van der Waals surface area contributed by atoms with Crippen molar-refractivity contribution in [2.24, 2.45) is 0 Å². The normalized spacial score (nSPS) is 14.5. The molecule has 1 aliphatic rings. The number of hydrogen-bond donors (Lipinski definition) is 3. The van der Waals surface area contributed by atoms with Gasteiger partial charge in [-0.15, -0.1) is 0 Å². The Labute approximate surface area is 146 Å². The molecule has 7 nitrogen and oxygen atoms in total. The highest BCUT2D eigenvalue weighted by atomic mass is 35.5. The van der Waals surface area contributed by atoms with Crippen LogP contribution in [0.5, 0.6) is 0 Å². The van der Waals surface area contributed by atoms with Crippen LogP contribution in [0.4, 0.5) is 0 Å². The number of nitrogens with one attached hydrogen (secondary N) is 1. The average Bonchev–Trinajstić information content (AvgIpc) is 2.57. The lowest BCUT2D eigenvalue weighted by atomic mass is 10.2. The van der Waals surface area contributed by atoms with Gasteiger partial charge in [0.15, 0.2) is 0 Å². The van der Waals surface area contributed by atoms with E-state index in [0.717, 1.165) is 51.0 Å². The van der Waals surface area contributed by atoms with Crippen molar-refractivity contribution >= 4 is 23.5 Å². The Bertz CT molecular complexity index is 509. The SMILES string of the molecule is Clc1ccccc1CNCCCN1CCOCC1.O=C(O)C(=O)O. The van der Waals surface area contributed by atoms with Gasteiger partial charge >= 0.3 is 11.9 Å². The molecule has 0 atom stereocenters. The van der Waals surface area contributed by atoms with Crippen molar-refractivity contribution in [2.45, 2.75) is 13.0 Å². The second-order valence-electron chi connectivity index (χ2n) is 5.19. The number of aliphatic carboxylic acids is 2. The van der Waals surface area contributed by atoms with E-state index in [9.17, 15) is 0 Å². The Morgan fingerprint density at radius 3 is 2.38 bits per heavy atom. The van der Waals surface area contributed by atoms with Crippen LogP contribution in [0.3, 0.4) is 0 Å². The first-order valence-corrected chi connectivity index (χ1v) is 8.09. The zero-order chi connectivity index (χ0) is 17.8. The predicted molar refractivity (Wildman–Crippen MR) is 90.3 cm³/mol. The zero-order valence-corrected chi connectivity index (χ0v) is 14.2. The Morgan fingerprint density at radius 2 is 1.79 bits per heavy atom. The first kappa shape index (κ1) is 20.4. The lowest BCUT2D eigenvalue weighted by Gasteiger charge is -2.26. The van der Waals surface area contributed by atoms with Crippen LogP contribution in [0.25, 0.3) is 0 Å². The molecule has 0 bridgehead atoms. The van der Waals surface area contributed by atoms with Crippen LogP contribution in [0, 0.1) is 0 Å². The Hall–Kier alpha value is -1.67. The molecule has 1 heterocycles. The monoisotopic (exact) mass is 358 g/mol. The number of rotatable bonds is 6. The molecule has 2 rings (SSSR count). The van der Waals surface area contributed by atoms with Gasteiger partial charge in [-0.3, -0.25) is 4.90 Å². The maximum atomic E-state index is 9.10. The van der Waals surface area contributed by atoms with Crippen LogP contribution in [0.1, 0.15) is 12.0 Å². The van der Waals surface area contributed by atoms with Crippen molar-refractivity contribution < 1.29 is 24.5 Å². The van der Waals surface area contributed by atoms with E-state index in [1.165, 1.54) is 12.0 Å². The summed E-state index contributed by atoms with van der Waals surface area (Å²) in [4.78, 5) is 20.7. The van der Waals surface area contributed by atoms with E-state index in [1.807, 2.05) is 18.2 Å². The second kappa shape index (κ2) is 11.8. The van der Waals surface area contributed by atoms with Crippen molar-refractivity contribution in [1.82, 2.24) is 10.2 Å². The van der Waals surface area contributed by atoms with E-state index >= 15 is 0 Å². The highest BCUT2D eigenvalue weighted by Gasteiger charge is 2.08. The van der Waals surface area contributed by atoms with Gasteiger partial charge in [-0.05, 0) is 31.1 Å². The fraction of sp³-hybridized carbons (Fsp3) is 0.500. The molecule has 3 N–H and O–H groups in total. The summed E-state index contributed by atoms with van der Waals surface area (Å²) >= 11 is 6.10. The Balaban J connectivity index is 0.000000413. The smallest absolute Gasteiger partial charge is 0.414 e. The molecule has 1 fully saturated rings. The second-order valence-corrected chi connectivity index (χ2v) is 5.59. The van der Waals surface area contributed by atoms with Gasteiger partial charge in [-0.1, -0.05) is 29.8 Å². The number of morpholine rings is 1. The molecule has 0 amide bonds. The number of carbonyl (C=O) groups is 2. The fourth-order valence-electron chi connectivity index (χ4n) is 2.12. The molecule has 1 aromatic carbocycles. The summed E-state index contributed by atoms with van der Waals surface area (Å²) < 4.78 is 5.33. The van der Waals surface area contributed by atoms with Crippen molar-refractivity contribution in [3.8, 4) is 0 Å². The van der Waals surface area contributed by atoms with Gasteiger partial charge in [0.1, 0.15) is 0 Å². The lowest BCUT2D eigenvalue weighted by Crippen LogP contribution is -2.37. The van der Waals surface area contributed by atoms with Crippen LogP contribution >= 0.6 is 11.6 Å². The van der Waals surface area contributed by atoms with E-state index in [1.54, 1.807) is 0 Å². The average molecular weight is 359 g/mol. The third-order valence-corrected chi connectivity index (χ3v) is 3.76. The largest absolute Gasteiger partial charge is 0.473 e. The highest BCUT2D eigenvalue weighted by Crippen LogP contribution is 2.14. The zero-order valence-electron chi connectivity index (χ0n) is 13.4. The van der Waals surface area contributed by atoms with Gasteiger partial charge in [-0.2, -0.15) is 0 Å². The maximum Gasteiger partial charge on any atom is 0.414 e. The van der Waals surface area contributed by atoms with Crippen LogP contribution in [0.2, 0.25) is 5.02 Å². The summed E-state index contributed by atoms with van der Waals surface area (Å²) in [6.07, 6.45) is 1.17. The van der Waals surface area contributed by atoms with Gasteiger partial charge in [0.05, 0.1) is 13.2 Å². The van der Waals surface area contributed by atoms with Gasteiger partial charge in [0.2, 0.25) is 0 Å². The summed E-state index contributed by atoms with van der Waals surface area (Å²) in [7, 11) is 0. The number of hydrogen-bond acceptors (Lipinski definition) is 5. The topological polar surface area (TPSA) is 99.1 Å². The summed E-state index contributed by atoms with van der Waals surface area (Å²) in [6, 6.07) is 7.99. The van der Waals surface area contributed by atoms with E-state index in [0.29, 0.717) is 0 Å². The van der Waals surface area contributed by atoms with Crippen LogP contribution in [-0.4, -0.2) is 66.4 Å². The van der Waals surface area contributed by atoms with E-state index < -0.39 is 11.9 Å². The molecule has 0 spiro atoms. The van der Waals surface area contributed by atoms with E-state index in [-0.39, 0.29) is 0 Å². The number of nitrogens with zero attached hydrogens (tertiary/aromatic N) is 1. The molecule has 1 aromatic rings. The number of carboxylic acid groups (broad SMARTS) is 2. The molecule has 1 saturated heterocycles. The molecule has 24 heavy (non-hydrogen) atoms. The van der Waals surface area contributed by atoms with Crippen molar-refractivity contribution in [1.29, 1.82) is 0 Å². The molecule has 0 aliphatic carbocycles. The predicted octanol–water partition coefficient (Wildman–Crippen LogP) is 1.31. The minimum absolute atomic E-state index is 0.846. The van der Waals surface area contributed by atoms with Crippen LogP contribution < -0.4 is 5.32 Å². The maximum absolute atomic E-state index is 9.10. The summed E-state index contributed by atoms with van der Waals surface area (Å²) in [5, 5.41) is 19.1. The molecule has 0 saturated carbocycles. The molecule has 0 aromatic heterocycles. The summed E-state index contributed by atoms with van der Waals surface area (Å²) in [6.45, 7) is 6.94. The molecule has 1 aliphatic heterocycles. The minimum atomic E-state index is -1.82.